The Morgan fingerprint density at radius 3 is 1.72 bits per heavy atom. The Labute approximate surface area is 175 Å². The van der Waals surface area contributed by atoms with Gasteiger partial charge in [0.15, 0.2) is 6.61 Å². The zero-order valence-corrected chi connectivity index (χ0v) is 17.7. The Hall–Kier alpha value is -1.74. The number of aliphatic hydroxyl groups is 1. The number of rotatable bonds is 6. The van der Waals surface area contributed by atoms with E-state index in [-0.39, 0.29) is 31.7 Å². The molecule has 0 saturated heterocycles. The van der Waals surface area contributed by atoms with Crippen molar-refractivity contribution in [1.82, 2.24) is 0 Å². The van der Waals surface area contributed by atoms with E-state index >= 15 is 0 Å². The number of esters is 1. The lowest BCUT2D eigenvalue weighted by Gasteiger charge is -2.18. The van der Waals surface area contributed by atoms with Gasteiger partial charge in [-0.2, -0.15) is 0 Å². The third-order valence-electron chi connectivity index (χ3n) is 5.27. The summed E-state index contributed by atoms with van der Waals surface area (Å²) in [7, 11) is 0. The molecule has 1 atom stereocenters. The summed E-state index contributed by atoms with van der Waals surface area (Å²) in [5.74, 6) is 1.76. The second kappa shape index (κ2) is 17.1. The van der Waals surface area contributed by atoms with Crippen LogP contribution in [0.25, 0.3) is 0 Å². The molecule has 0 heterocycles. The number of aliphatic hydroxyl groups excluding tert-OH is 1. The molecule has 0 spiro atoms. The van der Waals surface area contributed by atoms with Gasteiger partial charge in [-0.1, -0.05) is 83.0 Å². The summed E-state index contributed by atoms with van der Waals surface area (Å²) in [4.78, 5) is 23.7. The van der Waals surface area contributed by atoms with E-state index in [1.54, 1.807) is 0 Å². The molecular weight excluding hydrogens is 372 g/mol. The van der Waals surface area contributed by atoms with E-state index in [1.807, 2.05) is 0 Å². The summed E-state index contributed by atoms with van der Waals surface area (Å²) in [5, 5.41) is 9.86. The Bertz CT molecular complexity index is 468. The first kappa shape index (κ1) is 25.3. The van der Waals surface area contributed by atoms with Gasteiger partial charge in [0.1, 0.15) is 19.3 Å². The highest BCUT2D eigenvalue weighted by Crippen LogP contribution is 2.22. The molecule has 1 N–H and O–H groups in total. The quantitative estimate of drug-likeness (QED) is 0.502. The molecule has 0 radical (unpaired) electrons. The average Bonchev–Trinajstić information content (AvgIpc) is 2.73. The van der Waals surface area contributed by atoms with E-state index in [0.29, 0.717) is 0 Å². The molecule has 0 aliphatic heterocycles. The lowest BCUT2D eigenvalue weighted by atomic mass is 9.94. The first-order valence-corrected chi connectivity index (χ1v) is 11.2. The molecule has 29 heavy (non-hydrogen) atoms. The van der Waals surface area contributed by atoms with Crippen molar-refractivity contribution < 1.29 is 28.9 Å². The maximum Gasteiger partial charge on any atom is 0.509 e. The molecule has 1 fully saturated rings. The highest BCUT2D eigenvalue weighted by molar-refractivity contribution is 5.72. The van der Waals surface area contributed by atoms with Crippen LogP contribution in [0.4, 0.5) is 4.79 Å². The monoisotopic (exact) mass is 410 g/mol. The van der Waals surface area contributed by atoms with Crippen LogP contribution >= 0.6 is 0 Å². The van der Waals surface area contributed by atoms with E-state index < -0.39 is 12.3 Å². The maximum absolute atomic E-state index is 12.5. The van der Waals surface area contributed by atoms with Gasteiger partial charge in [-0.25, -0.2) is 4.79 Å². The Morgan fingerprint density at radius 2 is 1.24 bits per heavy atom. The Balaban J connectivity index is 2.34. The van der Waals surface area contributed by atoms with Gasteiger partial charge in [0, 0.05) is 0 Å². The van der Waals surface area contributed by atoms with Crippen molar-refractivity contribution in [3.63, 3.8) is 0 Å². The summed E-state index contributed by atoms with van der Waals surface area (Å²) in [6, 6.07) is 0. The largest absolute Gasteiger partial charge is 0.509 e. The van der Waals surface area contributed by atoms with E-state index in [0.717, 1.165) is 38.5 Å². The second-order valence-corrected chi connectivity index (χ2v) is 7.85. The molecule has 6 heteroatoms. The average molecular weight is 411 g/mol. The van der Waals surface area contributed by atoms with Crippen LogP contribution in [0, 0.1) is 18.3 Å². The summed E-state index contributed by atoms with van der Waals surface area (Å²) in [5.41, 5.74) is 0. The maximum atomic E-state index is 12.5. The molecule has 1 saturated carbocycles. The fourth-order valence-corrected chi connectivity index (χ4v) is 3.58. The zero-order valence-electron chi connectivity index (χ0n) is 17.7. The highest BCUT2D eigenvalue weighted by Gasteiger charge is 2.21. The summed E-state index contributed by atoms with van der Waals surface area (Å²) >= 11 is 0. The minimum atomic E-state index is -1.08. The Kier molecular flexibility index (Phi) is 15.0. The molecular formula is C23H38O6. The van der Waals surface area contributed by atoms with Gasteiger partial charge in [0.25, 0.3) is 0 Å². The minimum absolute atomic E-state index is 0.117. The van der Waals surface area contributed by atoms with Gasteiger partial charge >= 0.3 is 12.1 Å². The van der Waals surface area contributed by atoms with Gasteiger partial charge < -0.3 is 19.3 Å². The number of hydrogen-bond acceptors (Lipinski definition) is 6. The van der Waals surface area contributed by atoms with E-state index in [9.17, 15) is 14.7 Å². The summed E-state index contributed by atoms with van der Waals surface area (Å²) in [6.45, 7) is -0.690. The fourth-order valence-electron chi connectivity index (χ4n) is 3.58. The van der Waals surface area contributed by atoms with Crippen molar-refractivity contribution >= 4 is 12.1 Å². The molecule has 6 nitrogen and oxygen atoms in total. The fraction of sp³-hybridized carbons (Fsp3) is 0.826. The van der Waals surface area contributed by atoms with Gasteiger partial charge in [-0.15, -0.1) is 6.42 Å². The van der Waals surface area contributed by atoms with Crippen LogP contribution in [0.15, 0.2) is 0 Å². The predicted molar refractivity (Wildman–Crippen MR) is 111 cm³/mol. The number of terminal acetylenes is 1. The molecule has 0 aromatic heterocycles. The first-order chi connectivity index (χ1) is 14.1. The highest BCUT2D eigenvalue weighted by atomic mass is 16.7. The van der Waals surface area contributed by atoms with Crippen molar-refractivity contribution in [1.29, 1.82) is 0 Å². The van der Waals surface area contributed by atoms with Crippen LogP contribution < -0.4 is 0 Å². The van der Waals surface area contributed by atoms with Crippen molar-refractivity contribution in [2.24, 2.45) is 5.92 Å². The van der Waals surface area contributed by atoms with E-state index in [4.69, 9.17) is 15.9 Å². The molecule has 0 bridgehead atoms. The van der Waals surface area contributed by atoms with Crippen LogP contribution in [-0.4, -0.2) is 43.2 Å². The summed E-state index contributed by atoms with van der Waals surface area (Å²) < 4.78 is 14.5. The van der Waals surface area contributed by atoms with Crippen molar-refractivity contribution in [2.75, 3.05) is 19.8 Å². The van der Waals surface area contributed by atoms with Gasteiger partial charge in [0.05, 0.1) is 5.92 Å². The number of carbonyl (C=O) groups is 2. The smallest absolute Gasteiger partial charge is 0.463 e. The van der Waals surface area contributed by atoms with Gasteiger partial charge in [-0.3, -0.25) is 4.79 Å². The number of ether oxygens (including phenoxy) is 3. The van der Waals surface area contributed by atoms with E-state index in [2.05, 4.69) is 10.7 Å². The van der Waals surface area contributed by atoms with Crippen LogP contribution in [0.5, 0.6) is 0 Å². The van der Waals surface area contributed by atoms with Crippen molar-refractivity contribution in [3.05, 3.63) is 0 Å². The van der Waals surface area contributed by atoms with Gasteiger partial charge in [-0.05, 0) is 12.8 Å². The third kappa shape index (κ3) is 14.0. The number of carbonyl (C=O) groups excluding carboxylic acids is 2. The third-order valence-corrected chi connectivity index (χ3v) is 5.27. The van der Waals surface area contributed by atoms with Crippen LogP contribution in [0.1, 0.15) is 89.9 Å². The molecule has 1 aliphatic carbocycles. The predicted octanol–water partition coefficient (Wildman–Crippen LogP) is 4.77. The molecule has 0 amide bonds. The molecule has 1 aliphatic rings. The van der Waals surface area contributed by atoms with Crippen molar-refractivity contribution in [3.8, 4) is 12.3 Å². The van der Waals surface area contributed by atoms with Gasteiger partial charge in [0.2, 0.25) is 0 Å². The molecule has 0 aromatic rings. The lowest BCUT2D eigenvalue weighted by Crippen LogP contribution is -2.28. The standard InChI is InChI=1S/C23H38O6/c1-2-17-27-23(26)29-19-21(24)18-28-22(25)20-15-13-11-9-7-5-3-4-6-8-10-12-14-16-20/h1,20-21,24H,3-19H2. The number of hydrogen-bond donors (Lipinski definition) is 1. The van der Waals surface area contributed by atoms with Crippen LogP contribution in [0.3, 0.4) is 0 Å². The molecule has 166 valence electrons. The topological polar surface area (TPSA) is 82.1 Å². The van der Waals surface area contributed by atoms with Crippen molar-refractivity contribution in [2.45, 2.75) is 96.0 Å². The van der Waals surface area contributed by atoms with Crippen LogP contribution in [0.2, 0.25) is 0 Å². The Morgan fingerprint density at radius 1 is 0.793 bits per heavy atom. The molecule has 1 unspecified atom stereocenters. The summed E-state index contributed by atoms with van der Waals surface area (Å²) in [6.07, 6.45) is 19.4. The second-order valence-electron chi connectivity index (χ2n) is 7.85. The van der Waals surface area contributed by atoms with E-state index in [1.165, 1.54) is 51.4 Å². The van der Waals surface area contributed by atoms with Crippen LogP contribution in [-0.2, 0) is 19.0 Å². The normalized spacial score (nSPS) is 19.0. The molecule has 0 aromatic carbocycles. The first-order valence-electron chi connectivity index (χ1n) is 11.2. The SMILES string of the molecule is C#CCOC(=O)OCC(O)COC(=O)C1CCCCCCCCCCCCCC1. The zero-order chi connectivity index (χ0) is 21.2. The minimum Gasteiger partial charge on any atom is -0.463 e. The lowest BCUT2D eigenvalue weighted by molar-refractivity contribution is -0.153. The molecule has 1 rings (SSSR count).